The van der Waals surface area contributed by atoms with Crippen molar-refractivity contribution in [2.75, 3.05) is 6.54 Å². The van der Waals surface area contributed by atoms with Crippen LogP contribution >= 0.6 is 0 Å². The van der Waals surface area contributed by atoms with Crippen molar-refractivity contribution in [3.63, 3.8) is 0 Å². The number of aliphatic hydroxyl groups is 1. The Morgan fingerprint density at radius 1 is 1.58 bits per heavy atom. The van der Waals surface area contributed by atoms with Crippen LogP contribution in [0.15, 0.2) is 0 Å². The maximum absolute atomic E-state index is 9.97. The van der Waals surface area contributed by atoms with Gasteiger partial charge in [0, 0.05) is 5.41 Å². The molecular formula is C10H21NO. The van der Waals surface area contributed by atoms with Crippen LogP contribution in [0.4, 0.5) is 0 Å². The fourth-order valence-electron chi connectivity index (χ4n) is 1.71. The molecule has 0 spiro atoms. The first kappa shape index (κ1) is 10.0. The Kier molecular flexibility index (Phi) is 2.26. The van der Waals surface area contributed by atoms with Crippen LogP contribution in [0.5, 0.6) is 0 Å². The summed E-state index contributed by atoms with van der Waals surface area (Å²) >= 11 is 0. The summed E-state index contributed by atoms with van der Waals surface area (Å²) in [7, 11) is 0. The lowest BCUT2D eigenvalue weighted by atomic mass is 9.82. The SMILES string of the molecule is CC(C)(CN)C(O)C1CC1(C)C. The standard InChI is InChI=1S/C10H21NO/c1-9(2)5-7(9)8(12)10(3,4)6-11/h7-8,12H,5-6,11H2,1-4H3. The molecule has 1 aliphatic carbocycles. The molecule has 12 heavy (non-hydrogen) atoms. The van der Waals surface area contributed by atoms with E-state index in [1.165, 1.54) is 0 Å². The van der Waals surface area contributed by atoms with Crippen molar-refractivity contribution in [2.45, 2.75) is 40.2 Å². The molecule has 0 aromatic carbocycles. The lowest BCUT2D eigenvalue weighted by Crippen LogP contribution is -2.38. The normalized spacial score (nSPS) is 30.0. The lowest BCUT2D eigenvalue weighted by Gasteiger charge is -2.30. The highest BCUT2D eigenvalue weighted by Crippen LogP contribution is 2.56. The smallest absolute Gasteiger partial charge is 0.0636 e. The minimum Gasteiger partial charge on any atom is -0.392 e. The van der Waals surface area contributed by atoms with Crippen LogP contribution in [-0.2, 0) is 0 Å². The summed E-state index contributed by atoms with van der Waals surface area (Å²) in [4.78, 5) is 0. The third-order valence-electron chi connectivity index (χ3n) is 3.30. The Morgan fingerprint density at radius 3 is 2.25 bits per heavy atom. The number of hydrogen-bond donors (Lipinski definition) is 2. The van der Waals surface area contributed by atoms with E-state index >= 15 is 0 Å². The number of hydrogen-bond acceptors (Lipinski definition) is 2. The van der Waals surface area contributed by atoms with Crippen LogP contribution in [0.25, 0.3) is 0 Å². The van der Waals surface area contributed by atoms with Gasteiger partial charge in [-0.1, -0.05) is 27.7 Å². The van der Waals surface area contributed by atoms with Crippen LogP contribution in [0.1, 0.15) is 34.1 Å². The molecule has 72 valence electrons. The van der Waals surface area contributed by atoms with Gasteiger partial charge in [0.05, 0.1) is 6.10 Å². The maximum atomic E-state index is 9.97. The maximum Gasteiger partial charge on any atom is 0.0636 e. The highest BCUT2D eigenvalue weighted by molar-refractivity contribution is 5.03. The van der Waals surface area contributed by atoms with E-state index in [4.69, 9.17) is 5.73 Å². The van der Waals surface area contributed by atoms with Gasteiger partial charge in [-0.3, -0.25) is 0 Å². The van der Waals surface area contributed by atoms with Crippen LogP contribution in [-0.4, -0.2) is 17.8 Å². The molecule has 0 aromatic rings. The highest BCUT2D eigenvalue weighted by Gasteiger charge is 2.53. The minimum absolute atomic E-state index is 0.127. The van der Waals surface area contributed by atoms with Crippen molar-refractivity contribution >= 4 is 0 Å². The van der Waals surface area contributed by atoms with Crippen LogP contribution in [0, 0.1) is 16.7 Å². The Labute approximate surface area is 75.2 Å². The number of nitrogens with two attached hydrogens (primary N) is 1. The molecule has 2 nitrogen and oxygen atoms in total. The first-order chi connectivity index (χ1) is 5.31. The molecule has 1 fully saturated rings. The van der Waals surface area contributed by atoms with E-state index in [2.05, 4.69) is 13.8 Å². The van der Waals surface area contributed by atoms with Crippen molar-refractivity contribution in [3.05, 3.63) is 0 Å². The molecule has 1 aliphatic rings. The second-order valence-corrected chi connectivity index (χ2v) is 5.44. The Balaban J connectivity index is 2.55. The molecule has 0 heterocycles. The zero-order chi connectivity index (χ0) is 9.57. The van der Waals surface area contributed by atoms with E-state index in [0.717, 1.165) is 6.42 Å². The third kappa shape index (κ3) is 1.64. The van der Waals surface area contributed by atoms with Crippen molar-refractivity contribution in [3.8, 4) is 0 Å². The molecule has 3 N–H and O–H groups in total. The molecule has 0 amide bonds. The van der Waals surface area contributed by atoms with Gasteiger partial charge in [-0.2, -0.15) is 0 Å². The summed E-state index contributed by atoms with van der Waals surface area (Å²) in [6, 6.07) is 0. The molecule has 1 rings (SSSR count). The van der Waals surface area contributed by atoms with Gasteiger partial charge in [-0.15, -0.1) is 0 Å². The summed E-state index contributed by atoms with van der Waals surface area (Å²) < 4.78 is 0. The molecular weight excluding hydrogens is 150 g/mol. The second-order valence-electron chi connectivity index (χ2n) is 5.44. The highest BCUT2D eigenvalue weighted by atomic mass is 16.3. The van der Waals surface area contributed by atoms with Crippen LogP contribution in [0.2, 0.25) is 0 Å². The quantitative estimate of drug-likeness (QED) is 0.674. The minimum atomic E-state index is -0.238. The number of rotatable bonds is 3. The summed E-state index contributed by atoms with van der Waals surface area (Å²) in [5, 5.41) is 9.97. The molecule has 1 saturated carbocycles. The number of aliphatic hydroxyl groups excluding tert-OH is 1. The van der Waals surface area contributed by atoms with E-state index < -0.39 is 0 Å². The van der Waals surface area contributed by atoms with Gasteiger partial charge in [-0.05, 0) is 24.3 Å². The molecule has 2 unspecified atom stereocenters. The Hall–Kier alpha value is -0.0800. The summed E-state index contributed by atoms with van der Waals surface area (Å²) in [5.74, 6) is 0.455. The van der Waals surface area contributed by atoms with Crippen molar-refractivity contribution < 1.29 is 5.11 Å². The van der Waals surface area contributed by atoms with Gasteiger partial charge in [0.25, 0.3) is 0 Å². The molecule has 0 saturated heterocycles. The molecule has 2 heteroatoms. The Morgan fingerprint density at radius 2 is 2.00 bits per heavy atom. The van der Waals surface area contributed by atoms with Gasteiger partial charge in [-0.25, -0.2) is 0 Å². The zero-order valence-corrected chi connectivity index (χ0v) is 8.59. The summed E-state index contributed by atoms with van der Waals surface area (Å²) in [6.45, 7) is 9.03. The van der Waals surface area contributed by atoms with E-state index in [1.807, 2.05) is 13.8 Å². The van der Waals surface area contributed by atoms with Gasteiger partial charge < -0.3 is 10.8 Å². The average Bonchev–Trinajstić information content (AvgIpc) is 2.58. The predicted molar refractivity (Wildman–Crippen MR) is 50.7 cm³/mol. The first-order valence-electron chi connectivity index (χ1n) is 4.69. The van der Waals surface area contributed by atoms with Crippen molar-refractivity contribution in [1.82, 2.24) is 0 Å². The summed E-state index contributed by atoms with van der Waals surface area (Å²) in [6.07, 6.45) is 0.898. The van der Waals surface area contributed by atoms with Crippen LogP contribution < -0.4 is 5.73 Å². The lowest BCUT2D eigenvalue weighted by molar-refractivity contribution is 0.0279. The van der Waals surface area contributed by atoms with E-state index in [-0.39, 0.29) is 11.5 Å². The summed E-state index contributed by atoms with van der Waals surface area (Å²) in [5.41, 5.74) is 5.81. The predicted octanol–water partition coefficient (Wildman–Crippen LogP) is 1.38. The molecule has 2 atom stereocenters. The van der Waals surface area contributed by atoms with Gasteiger partial charge >= 0.3 is 0 Å². The van der Waals surface area contributed by atoms with Crippen molar-refractivity contribution in [1.29, 1.82) is 0 Å². The molecule has 0 bridgehead atoms. The van der Waals surface area contributed by atoms with Gasteiger partial charge in [0.2, 0.25) is 0 Å². The van der Waals surface area contributed by atoms with Gasteiger partial charge in [0.15, 0.2) is 0 Å². The fourth-order valence-corrected chi connectivity index (χ4v) is 1.71. The molecule has 0 aliphatic heterocycles. The topological polar surface area (TPSA) is 46.2 Å². The Bertz CT molecular complexity index is 175. The monoisotopic (exact) mass is 171 g/mol. The fraction of sp³-hybridized carbons (Fsp3) is 1.00. The molecule has 0 radical (unpaired) electrons. The first-order valence-corrected chi connectivity index (χ1v) is 4.69. The third-order valence-corrected chi connectivity index (χ3v) is 3.30. The van der Waals surface area contributed by atoms with Crippen LogP contribution in [0.3, 0.4) is 0 Å². The second kappa shape index (κ2) is 2.71. The van der Waals surface area contributed by atoms with Gasteiger partial charge in [0.1, 0.15) is 0 Å². The van der Waals surface area contributed by atoms with E-state index in [0.29, 0.717) is 17.9 Å². The largest absolute Gasteiger partial charge is 0.392 e. The zero-order valence-electron chi connectivity index (χ0n) is 8.59. The van der Waals surface area contributed by atoms with E-state index in [9.17, 15) is 5.11 Å². The van der Waals surface area contributed by atoms with E-state index in [1.54, 1.807) is 0 Å². The van der Waals surface area contributed by atoms with Crippen molar-refractivity contribution in [2.24, 2.45) is 22.5 Å². The molecule has 0 aromatic heterocycles. The average molecular weight is 171 g/mol.